The van der Waals surface area contributed by atoms with Crippen LogP contribution in [0.5, 0.6) is 6.01 Å². The van der Waals surface area contributed by atoms with Crippen molar-refractivity contribution in [1.29, 1.82) is 0 Å². The number of benzene rings is 2. The third-order valence-electron chi connectivity index (χ3n) is 6.22. The molecule has 1 atom stereocenters. The zero-order valence-electron chi connectivity index (χ0n) is 17.4. The molecular formula is C23H24ClN4O2P. The lowest BCUT2D eigenvalue weighted by molar-refractivity contribution is 0.376. The Bertz CT molecular complexity index is 1140. The van der Waals surface area contributed by atoms with E-state index in [1.165, 1.54) is 5.56 Å². The first-order valence-corrected chi connectivity index (χ1v) is 11.9. The van der Waals surface area contributed by atoms with Crippen molar-refractivity contribution in [1.82, 2.24) is 9.97 Å². The van der Waals surface area contributed by atoms with Crippen molar-refractivity contribution in [2.45, 2.75) is 31.5 Å². The van der Waals surface area contributed by atoms with Crippen molar-refractivity contribution in [3.05, 3.63) is 52.7 Å². The van der Waals surface area contributed by atoms with E-state index in [1.54, 1.807) is 7.11 Å². The van der Waals surface area contributed by atoms with Crippen molar-refractivity contribution in [2.24, 2.45) is 0 Å². The summed E-state index contributed by atoms with van der Waals surface area (Å²) < 4.78 is 16.9. The number of ether oxygens (including phenoxy) is 1. The summed E-state index contributed by atoms with van der Waals surface area (Å²) in [5.74, 6) is 0.936. The number of piperidine rings is 1. The van der Waals surface area contributed by atoms with E-state index in [1.807, 2.05) is 12.1 Å². The Hall–Kier alpha value is -2.43. The molecule has 2 aliphatic rings. The number of nitrogens with zero attached hydrogens (tertiary/aromatic N) is 4. The summed E-state index contributed by atoms with van der Waals surface area (Å²) in [7, 11) is 1.82. The number of methoxy groups -OCH3 is 1. The number of hydrogen-bond donors (Lipinski definition) is 0. The molecule has 2 aliphatic heterocycles. The quantitative estimate of drug-likeness (QED) is 0.510. The minimum atomic E-state index is 0.156. The molecule has 1 unspecified atom stereocenters. The Morgan fingerprint density at radius 2 is 1.97 bits per heavy atom. The van der Waals surface area contributed by atoms with Crippen molar-refractivity contribution in [3.8, 4) is 6.01 Å². The number of anilines is 2. The minimum absolute atomic E-state index is 0.156. The first-order chi connectivity index (χ1) is 15.2. The highest BCUT2D eigenvalue weighted by Gasteiger charge is 2.29. The molecule has 0 N–H and O–H groups in total. The second kappa shape index (κ2) is 8.60. The summed E-state index contributed by atoms with van der Waals surface area (Å²) in [5, 5.41) is 2.97. The van der Waals surface area contributed by atoms with Gasteiger partial charge in [-0.25, -0.2) is 0 Å². The van der Waals surface area contributed by atoms with E-state index in [-0.39, 0.29) is 14.1 Å². The summed E-state index contributed by atoms with van der Waals surface area (Å²) in [6.07, 6.45) is 2.84. The molecule has 0 spiro atoms. The van der Waals surface area contributed by atoms with Gasteiger partial charge in [-0.15, -0.1) is 0 Å². The lowest BCUT2D eigenvalue weighted by Gasteiger charge is -2.36. The smallest absolute Gasteiger partial charge is 0.318 e. The predicted octanol–water partition coefficient (Wildman–Crippen LogP) is 5.12. The van der Waals surface area contributed by atoms with Crippen LogP contribution in [0.15, 0.2) is 36.4 Å². The second-order valence-electron chi connectivity index (χ2n) is 8.09. The summed E-state index contributed by atoms with van der Waals surface area (Å²) in [6, 6.07) is 12.7. The van der Waals surface area contributed by atoms with Gasteiger partial charge in [-0.3, -0.25) is 4.57 Å². The predicted molar refractivity (Wildman–Crippen MR) is 125 cm³/mol. The lowest BCUT2D eigenvalue weighted by atomic mass is 10.0. The molecule has 31 heavy (non-hydrogen) atoms. The fourth-order valence-corrected chi connectivity index (χ4v) is 5.55. The van der Waals surface area contributed by atoms with Crippen molar-refractivity contribution in [3.63, 3.8) is 0 Å². The van der Waals surface area contributed by atoms with Crippen LogP contribution in [0.2, 0.25) is 5.02 Å². The standard InChI is InChI=1S/C23H24ClN4O2P/c1-30-23-25-19-14-27(20-9-3-6-15-5-2-8-18(24)21(15)20)12-10-17(19)22(26-23)28-11-4-7-16(13-28)31-29/h2-3,5-6,8-9,16H,4,7,10-14H2,1H3. The number of hydrogen-bond acceptors (Lipinski definition) is 6. The Kier molecular flexibility index (Phi) is 5.68. The topological polar surface area (TPSA) is 58.6 Å². The molecular weight excluding hydrogens is 431 g/mol. The lowest BCUT2D eigenvalue weighted by Crippen LogP contribution is -2.39. The van der Waals surface area contributed by atoms with E-state index in [2.05, 4.69) is 34.1 Å². The molecule has 3 heterocycles. The largest absolute Gasteiger partial charge is 0.467 e. The van der Waals surface area contributed by atoms with Gasteiger partial charge in [0.25, 0.3) is 0 Å². The van der Waals surface area contributed by atoms with Crippen LogP contribution >= 0.6 is 20.1 Å². The fraction of sp³-hybridized carbons (Fsp3) is 0.391. The molecule has 160 valence electrons. The first-order valence-electron chi connectivity index (χ1n) is 10.6. The average Bonchev–Trinajstić information content (AvgIpc) is 2.82. The first kappa shape index (κ1) is 20.5. The molecule has 2 aromatic carbocycles. The van der Waals surface area contributed by atoms with Gasteiger partial charge >= 0.3 is 6.01 Å². The SMILES string of the molecule is COc1nc2c(c(N3CCCC(P=O)C3)n1)CCN(c1cccc3cccc(Cl)c13)C2. The maximum absolute atomic E-state index is 11.5. The summed E-state index contributed by atoms with van der Waals surface area (Å²) >= 11 is 6.58. The van der Waals surface area contributed by atoms with Gasteiger partial charge in [-0.05, 0) is 36.8 Å². The second-order valence-corrected chi connectivity index (χ2v) is 9.44. The molecule has 1 fully saturated rings. The molecule has 6 nitrogen and oxygen atoms in total. The summed E-state index contributed by atoms with van der Waals surface area (Å²) in [6.45, 7) is 3.20. The van der Waals surface area contributed by atoms with E-state index in [4.69, 9.17) is 26.3 Å². The Morgan fingerprint density at radius 3 is 2.77 bits per heavy atom. The van der Waals surface area contributed by atoms with Crippen LogP contribution in [0, 0.1) is 0 Å². The number of halogens is 1. The molecule has 0 bridgehead atoms. The summed E-state index contributed by atoms with van der Waals surface area (Å²) in [4.78, 5) is 14.0. The molecule has 0 saturated carbocycles. The maximum Gasteiger partial charge on any atom is 0.318 e. The third kappa shape index (κ3) is 3.83. The molecule has 1 aromatic heterocycles. The third-order valence-corrected chi connectivity index (χ3v) is 7.26. The van der Waals surface area contributed by atoms with Gasteiger partial charge in [0.15, 0.2) is 8.46 Å². The van der Waals surface area contributed by atoms with Crippen LogP contribution in [0.25, 0.3) is 10.8 Å². The Balaban J connectivity index is 1.53. The molecule has 3 aromatic rings. The molecule has 8 heteroatoms. The highest BCUT2D eigenvalue weighted by Crippen LogP contribution is 2.37. The Labute approximate surface area is 188 Å². The van der Waals surface area contributed by atoms with Crippen LogP contribution < -0.4 is 14.5 Å². The van der Waals surface area contributed by atoms with Gasteiger partial charge in [-0.1, -0.05) is 35.9 Å². The highest BCUT2D eigenvalue weighted by atomic mass is 35.5. The highest BCUT2D eigenvalue weighted by molar-refractivity contribution is 7.24. The van der Waals surface area contributed by atoms with E-state index >= 15 is 0 Å². The van der Waals surface area contributed by atoms with Gasteiger partial charge in [-0.2, -0.15) is 9.97 Å². The average molecular weight is 455 g/mol. The number of fused-ring (bicyclic) bond motifs is 2. The van der Waals surface area contributed by atoms with E-state index in [0.717, 1.165) is 71.9 Å². The van der Waals surface area contributed by atoms with Crippen molar-refractivity contribution < 1.29 is 9.30 Å². The number of aromatic nitrogens is 2. The van der Waals surface area contributed by atoms with Crippen molar-refractivity contribution >= 4 is 42.3 Å². The maximum atomic E-state index is 11.5. The van der Waals surface area contributed by atoms with Crippen LogP contribution in [0.1, 0.15) is 24.1 Å². The summed E-state index contributed by atoms with van der Waals surface area (Å²) in [5.41, 5.74) is 3.44. The van der Waals surface area contributed by atoms with E-state index < -0.39 is 0 Å². The Morgan fingerprint density at radius 1 is 1.13 bits per heavy atom. The van der Waals surface area contributed by atoms with Crippen LogP contribution in [-0.4, -0.2) is 42.4 Å². The molecule has 0 amide bonds. The molecule has 1 saturated heterocycles. The zero-order chi connectivity index (χ0) is 21.4. The fourth-order valence-electron chi connectivity index (χ4n) is 4.72. The van der Waals surface area contributed by atoms with Gasteiger partial charge in [0.2, 0.25) is 0 Å². The monoisotopic (exact) mass is 454 g/mol. The van der Waals surface area contributed by atoms with Crippen molar-refractivity contribution in [2.75, 3.05) is 36.5 Å². The number of rotatable bonds is 4. The zero-order valence-corrected chi connectivity index (χ0v) is 19.1. The van der Waals surface area contributed by atoms with E-state index in [0.29, 0.717) is 12.6 Å². The normalized spacial score (nSPS) is 19.0. The van der Waals surface area contributed by atoms with Crippen LogP contribution in [0.4, 0.5) is 11.5 Å². The van der Waals surface area contributed by atoms with Gasteiger partial charge in [0, 0.05) is 36.3 Å². The van der Waals surface area contributed by atoms with Gasteiger partial charge < -0.3 is 14.5 Å². The van der Waals surface area contributed by atoms with Crippen LogP contribution in [0.3, 0.4) is 0 Å². The minimum Gasteiger partial charge on any atom is -0.467 e. The van der Waals surface area contributed by atoms with E-state index in [9.17, 15) is 4.57 Å². The van der Waals surface area contributed by atoms with Gasteiger partial charge in [0.05, 0.1) is 30.0 Å². The molecule has 0 radical (unpaired) electrons. The van der Waals surface area contributed by atoms with Gasteiger partial charge in [0.1, 0.15) is 5.82 Å². The molecule has 5 rings (SSSR count). The molecule has 0 aliphatic carbocycles. The van der Waals surface area contributed by atoms with Crippen LogP contribution in [-0.2, 0) is 17.5 Å².